The maximum atomic E-state index is 12.5. The van der Waals surface area contributed by atoms with Gasteiger partial charge in [0, 0.05) is 10.5 Å². The number of ether oxygens (including phenoxy) is 1. The van der Waals surface area contributed by atoms with E-state index >= 15 is 0 Å². The Morgan fingerprint density at radius 2 is 1.75 bits per heavy atom. The maximum absolute atomic E-state index is 12.5. The summed E-state index contributed by atoms with van der Waals surface area (Å²) in [6, 6.07) is 2.37. The molecule has 0 spiro atoms. The molecule has 1 aromatic carbocycles. The van der Waals surface area contributed by atoms with Gasteiger partial charge in [0.05, 0.1) is 6.61 Å². The van der Waals surface area contributed by atoms with Gasteiger partial charge in [0.15, 0.2) is 0 Å². The smallest absolute Gasteiger partial charge is 0.311 e. The highest BCUT2D eigenvalue weighted by molar-refractivity contribution is 9.10. The molecule has 0 heterocycles. The zero-order valence-electron chi connectivity index (χ0n) is 8.02. The fourth-order valence-corrected chi connectivity index (χ4v) is 2.98. The monoisotopic (exact) mass is 326 g/mol. The van der Waals surface area contributed by atoms with Gasteiger partial charge in [-0.15, -0.1) is 0 Å². The lowest BCUT2D eigenvalue weighted by atomic mass is 10.3. The summed E-state index contributed by atoms with van der Waals surface area (Å²) in [5.41, 5.74) is 0. The molecule has 0 atom stereocenters. The molecule has 0 bridgehead atoms. The van der Waals surface area contributed by atoms with E-state index in [-0.39, 0.29) is 12.4 Å². The number of halogens is 6. The van der Waals surface area contributed by atoms with E-state index in [1.54, 1.807) is 6.92 Å². The van der Waals surface area contributed by atoms with Gasteiger partial charge in [-0.3, -0.25) is 0 Å². The molecule has 0 saturated heterocycles. The lowest BCUT2D eigenvalue weighted by molar-refractivity contribution is 0.334. The molecule has 0 fully saturated rings. The molecule has 1 nitrogen and oxygen atoms in total. The van der Waals surface area contributed by atoms with Crippen molar-refractivity contribution in [1.29, 1.82) is 0 Å². The third-order valence-electron chi connectivity index (χ3n) is 1.63. The molecule has 0 aliphatic carbocycles. The summed E-state index contributed by atoms with van der Waals surface area (Å²) < 4.78 is 66.8. The van der Waals surface area contributed by atoms with E-state index in [0.717, 1.165) is 6.07 Å². The van der Waals surface area contributed by atoms with Crippen LogP contribution in [0, 0.1) is 0 Å². The summed E-state index contributed by atoms with van der Waals surface area (Å²) in [5.74, 6) is -0.242. The molecule has 0 saturated carbocycles. The topological polar surface area (TPSA) is 9.23 Å². The van der Waals surface area contributed by atoms with E-state index in [1.807, 2.05) is 0 Å². The highest BCUT2D eigenvalue weighted by atomic mass is 79.9. The Kier molecular flexibility index (Phi) is 2.76. The normalized spacial score (nSPS) is 16.4. The Morgan fingerprint density at radius 3 is 2.19 bits per heavy atom. The predicted molar refractivity (Wildman–Crippen MR) is 56.7 cm³/mol. The van der Waals surface area contributed by atoms with Gasteiger partial charge >= 0.3 is 10.2 Å². The van der Waals surface area contributed by atoms with Crippen LogP contribution in [0.15, 0.2) is 27.6 Å². The summed E-state index contributed by atoms with van der Waals surface area (Å²) in [5, 5.41) is 0. The van der Waals surface area contributed by atoms with Crippen LogP contribution in [0.3, 0.4) is 0 Å². The van der Waals surface area contributed by atoms with Crippen LogP contribution in [0.1, 0.15) is 6.92 Å². The summed E-state index contributed by atoms with van der Waals surface area (Å²) in [7, 11) is -9.67. The fourth-order valence-electron chi connectivity index (χ4n) is 1.04. The average molecular weight is 327 g/mol. The first-order valence-corrected chi connectivity index (χ1v) is 6.85. The van der Waals surface area contributed by atoms with Crippen LogP contribution in [0.2, 0.25) is 0 Å². The molecule has 0 aromatic heterocycles. The van der Waals surface area contributed by atoms with Crippen molar-refractivity contribution < 1.29 is 24.2 Å². The quantitative estimate of drug-likeness (QED) is 0.666. The van der Waals surface area contributed by atoms with E-state index < -0.39 is 19.6 Å². The lowest BCUT2D eigenvalue weighted by Gasteiger charge is -2.41. The molecule has 16 heavy (non-hydrogen) atoms. The van der Waals surface area contributed by atoms with Gasteiger partial charge in [-0.25, -0.2) is 0 Å². The second kappa shape index (κ2) is 3.25. The second-order valence-electron chi connectivity index (χ2n) is 2.99. The number of hydrogen-bond donors (Lipinski definition) is 0. The van der Waals surface area contributed by atoms with Gasteiger partial charge in [-0.05, 0) is 35.0 Å². The van der Waals surface area contributed by atoms with E-state index in [0.29, 0.717) is 6.07 Å². The minimum absolute atomic E-state index is 0.0986. The molecule has 0 radical (unpaired) electrons. The number of hydrogen-bond acceptors (Lipinski definition) is 1. The van der Waals surface area contributed by atoms with Gasteiger partial charge in [-0.2, -0.15) is 0 Å². The van der Waals surface area contributed by atoms with Crippen molar-refractivity contribution in [2.75, 3.05) is 6.61 Å². The highest BCUT2D eigenvalue weighted by Crippen LogP contribution is 3.02. The van der Waals surface area contributed by atoms with Gasteiger partial charge in [-0.1, -0.05) is 19.4 Å². The molecule has 0 N–H and O–H groups in total. The van der Waals surface area contributed by atoms with Crippen LogP contribution in [0.4, 0.5) is 19.4 Å². The molecular weight excluding hydrogens is 319 g/mol. The Bertz CT molecular complexity index is 415. The van der Waals surface area contributed by atoms with Crippen LogP contribution in [0.25, 0.3) is 0 Å². The van der Waals surface area contributed by atoms with Crippen molar-refractivity contribution >= 4 is 26.2 Å². The summed E-state index contributed by atoms with van der Waals surface area (Å²) in [6.07, 6.45) is 0. The van der Waals surface area contributed by atoms with Crippen molar-refractivity contribution in [3.8, 4) is 5.75 Å². The predicted octanol–water partition coefficient (Wildman–Crippen LogP) is 5.51. The largest absolute Gasteiger partial charge is 0.494 e. The van der Waals surface area contributed by atoms with Gasteiger partial charge in [0.2, 0.25) is 0 Å². The maximum Gasteiger partial charge on any atom is 0.311 e. The third-order valence-corrected chi connectivity index (χ3v) is 3.75. The van der Waals surface area contributed by atoms with Gasteiger partial charge in [0.25, 0.3) is 0 Å². The Balaban J connectivity index is 3.40. The first-order chi connectivity index (χ1) is 6.94. The molecular formula is C8H8BrF5OS. The SMILES string of the molecule is CCOc1ccc(Br)c(S(F)(F)(F)(F)F)c1. The Morgan fingerprint density at radius 1 is 1.19 bits per heavy atom. The molecule has 1 rings (SSSR count). The van der Waals surface area contributed by atoms with Crippen molar-refractivity contribution in [3.05, 3.63) is 22.7 Å². The van der Waals surface area contributed by atoms with Gasteiger partial charge in [0.1, 0.15) is 10.6 Å². The van der Waals surface area contributed by atoms with Crippen LogP contribution >= 0.6 is 26.2 Å². The molecule has 94 valence electrons. The summed E-state index contributed by atoms with van der Waals surface area (Å²) in [4.78, 5) is -1.97. The first-order valence-electron chi connectivity index (χ1n) is 4.10. The summed E-state index contributed by atoms with van der Waals surface area (Å²) >= 11 is 2.46. The van der Waals surface area contributed by atoms with E-state index in [4.69, 9.17) is 4.74 Å². The lowest BCUT2D eigenvalue weighted by Crippen LogP contribution is -2.07. The van der Waals surface area contributed by atoms with Crippen molar-refractivity contribution in [3.63, 3.8) is 0 Å². The minimum atomic E-state index is -9.67. The molecule has 0 unspecified atom stereocenters. The Labute approximate surface area is 97.4 Å². The fraction of sp³-hybridized carbons (Fsp3) is 0.250. The first kappa shape index (κ1) is 13.6. The Hall–Kier alpha value is -0.500. The van der Waals surface area contributed by atoms with Gasteiger partial charge < -0.3 is 4.74 Å². The average Bonchev–Trinajstić information content (AvgIpc) is 2.04. The van der Waals surface area contributed by atoms with Crippen molar-refractivity contribution in [1.82, 2.24) is 0 Å². The van der Waals surface area contributed by atoms with Crippen molar-refractivity contribution in [2.45, 2.75) is 11.8 Å². The highest BCUT2D eigenvalue weighted by Gasteiger charge is 2.66. The zero-order chi connectivity index (χ0) is 12.7. The van der Waals surface area contributed by atoms with Crippen LogP contribution < -0.4 is 4.74 Å². The molecule has 0 aliphatic rings. The number of benzene rings is 1. The molecule has 1 aromatic rings. The standard InChI is InChI=1S/C8H8BrF5OS/c1-2-15-6-3-4-7(9)8(5-6)16(10,11,12,13)14/h3-5H,2H2,1H3. The van der Waals surface area contributed by atoms with E-state index in [2.05, 4.69) is 15.9 Å². The van der Waals surface area contributed by atoms with Crippen LogP contribution in [0.5, 0.6) is 5.75 Å². The van der Waals surface area contributed by atoms with E-state index in [1.165, 1.54) is 6.07 Å². The molecule has 0 amide bonds. The van der Waals surface area contributed by atoms with Crippen molar-refractivity contribution in [2.24, 2.45) is 0 Å². The van der Waals surface area contributed by atoms with E-state index in [9.17, 15) is 19.4 Å². The summed E-state index contributed by atoms with van der Waals surface area (Å²) in [6.45, 7) is 1.64. The third kappa shape index (κ3) is 3.24. The zero-order valence-corrected chi connectivity index (χ0v) is 10.4. The second-order valence-corrected chi connectivity index (χ2v) is 6.23. The molecule has 8 heteroatoms. The number of rotatable bonds is 3. The molecule has 0 aliphatic heterocycles. The van der Waals surface area contributed by atoms with Crippen LogP contribution in [-0.4, -0.2) is 6.61 Å². The van der Waals surface area contributed by atoms with Crippen LogP contribution in [-0.2, 0) is 0 Å². The minimum Gasteiger partial charge on any atom is -0.494 e.